The second kappa shape index (κ2) is 8.26. The zero-order valence-corrected chi connectivity index (χ0v) is 15.7. The van der Waals surface area contributed by atoms with E-state index >= 15 is 0 Å². The largest absolute Gasteiger partial charge is 0.490 e. The average Bonchev–Trinajstić information content (AvgIpc) is 2.89. The first kappa shape index (κ1) is 17.7. The van der Waals surface area contributed by atoms with Crippen molar-refractivity contribution < 1.29 is 9.47 Å². The molecule has 0 atom stereocenters. The van der Waals surface area contributed by atoms with Gasteiger partial charge in [0, 0.05) is 6.42 Å². The first-order chi connectivity index (χ1) is 11.1. The number of halogens is 1. The highest BCUT2D eigenvalue weighted by molar-refractivity contribution is 9.10. The molecule has 8 heteroatoms. The summed E-state index contributed by atoms with van der Waals surface area (Å²) < 4.78 is 14.2. The van der Waals surface area contributed by atoms with Crippen LogP contribution < -0.4 is 9.47 Å². The smallest absolute Gasteiger partial charge is 0.216 e. The van der Waals surface area contributed by atoms with Crippen molar-refractivity contribution in [2.75, 3.05) is 13.2 Å². The lowest BCUT2D eigenvalue weighted by molar-refractivity contribution is 0.286. The molecule has 0 bridgehead atoms. The van der Waals surface area contributed by atoms with Gasteiger partial charge in [-0.15, -0.1) is 0 Å². The fourth-order valence-electron chi connectivity index (χ4n) is 2.01. The van der Waals surface area contributed by atoms with Crippen molar-refractivity contribution in [3.63, 3.8) is 0 Å². The van der Waals surface area contributed by atoms with Gasteiger partial charge in [-0.25, -0.2) is 0 Å². The minimum atomic E-state index is 0.466. The highest BCUT2D eigenvalue weighted by atomic mass is 79.9. The van der Waals surface area contributed by atoms with Gasteiger partial charge in [0.05, 0.1) is 23.9 Å². The van der Waals surface area contributed by atoms with Crippen LogP contribution in [0.25, 0.3) is 0 Å². The zero-order chi connectivity index (χ0) is 16.8. The second-order valence-electron chi connectivity index (χ2n) is 4.55. The molecule has 0 spiro atoms. The van der Waals surface area contributed by atoms with E-state index in [1.165, 1.54) is 0 Å². The van der Waals surface area contributed by atoms with Crippen molar-refractivity contribution in [3.8, 4) is 11.5 Å². The number of ether oxygens (including phenoxy) is 2. The molecule has 1 N–H and O–H groups in total. The lowest BCUT2D eigenvalue weighted by Gasteiger charge is -2.13. The number of H-pyrrole nitrogens is 1. The summed E-state index contributed by atoms with van der Waals surface area (Å²) in [6.45, 7) is 6.99. The van der Waals surface area contributed by atoms with E-state index in [1.807, 2.05) is 32.9 Å². The molecule has 1 aromatic carbocycles. The summed E-state index contributed by atoms with van der Waals surface area (Å²) in [7, 11) is 0. The maximum atomic E-state index is 5.65. The number of hydrogen-bond donors (Lipinski definition) is 1. The molecule has 0 radical (unpaired) electrons. The number of rotatable bonds is 7. The van der Waals surface area contributed by atoms with Crippen LogP contribution >= 0.6 is 28.1 Å². The number of nitrogens with one attached hydrogen (secondary N) is 1. The Bertz CT molecular complexity index is 754. The fourth-order valence-corrected chi connectivity index (χ4v) is 2.78. The molecule has 0 unspecified atom stereocenters. The lowest BCUT2D eigenvalue weighted by Crippen LogP contribution is -2.01. The van der Waals surface area contributed by atoms with E-state index < -0.39 is 0 Å². The fraction of sp³-hybridized carbons (Fsp3) is 0.400. The van der Waals surface area contributed by atoms with Crippen molar-refractivity contribution in [2.45, 2.75) is 27.2 Å². The predicted molar refractivity (Wildman–Crippen MR) is 96.3 cm³/mol. The molecular formula is C15H19BrN4O2S. The number of aromatic amines is 1. The van der Waals surface area contributed by atoms with E-state index in [1.54, 1.807) is 10.9 Å². The topological polar surface area (TPSA) is 64.4 Å². The monoisotopic (exact) mass is 398 g/mol. The number of hydrogen-bond acceptors (Lipinski definition) is 5. The Labute approximate surface area is 148 Å². The molecule has 2 rings (SSSR count). The molecule has 124 valence electrons. The molecule has 0 saturated carbocycles. The van der Waals surface area contributed by atoms with E-state index in [2.05, 4.69) is 31.2 Å². The van der Waals surface area contributed by atoms with Gasteiger partial charge in [0.2, 0.25) is 4.77 Å². The van der Waals surface area contributed by atoms with Crippen molar-refractivity contribution in [1.29, 1.82) is 0 Å². The van der Waals surface area contributed by atoms with E-state index in [0.29, 0.717) is 29.5 Å². The highest BCUT2D eigenvalue weighted by Gasteiger charge is 2.11. The van der Waals surface area contributed by atoms with Gasteiger partial charge < -0.3 is 9.47 Å². The SMILES string of the molecule is CCOc1cc(/C=N\n2c(CC)n[nH]c2=S)cc(Br)c1OCC. The zero-order valence-electron chi connectivity index (χ0n) is 13.3. The summed E-state index contributed by atoms with van der Waals surface area (Å²) in [5.41, 5.74) is 0.869. The van der Waals surface area contributed by atoms with Crippen LogP contribution in [0.5, 0.6) is 11.5 Å². The van der Waals surface area contributed by atoms with Crippen LogP contribution in [0, 0.1) is 4.77 Å². The van der Waals surface area contributed by atoms with Crippen molar-refractivity contribution >= 4 is 34.4 Å². The first-order valence-electron chi connectivity index (χ1n) is 7.40. The molecule has 0 aliphatic carbocycles. The Morgan fingerprint density at radius 2 is 2.04 bits per heavy atom. The van der Waals surface area contributed by atoms with Crippen LogP contribution in [0.2, 0.25) is 0 Å². The Morgan fingerprint density at radius 3 is 2.70 bits per heavy atom. The molecule has 1 aromatic heterocycles. The van der Waals surface area contributed by atoms with Gasteiger partial charge in [0.1, 0.15) is 0 Å². The minimum absolute atomic E-state index is 0.466. The molecule has 2 aromatic rings. The summed E-state index contributed by atoms with van der Waals surface area (Å²) in [5.74, 6) is 2.15. The number of nitrogens with zero attached hydrogens (tertiary/aromatic N) is 3. The number of aromatic nitrogens is 3. The van der Waals surface area contributed by atoms with E-state index in [4.69, 9.17) is 21.7 Å². The summed E-state index contributed by atoms with van der Waals surface area (Å²) in [4.78, 5) is 0. The van der Waals surface area contributed by atoms with Gasteiger partial charge in [-0.05, 0) is 59.7 Å². The van der Waals surface area contributed by atoms with Gasteiger partial charge in [0.15, 0.2) is 17.3 Å². The quantitative estimate of drug-likeness (QED) is 0.566. The third-order valence-corrected chi connectivity index (χ3v) is 3.83. The number of aryl methyl sites for hydroxylation is 1. The van der Waals surface area contributed by atoms with Gasteiger partial charge in [-0.3, -0.25) is 5.10 Å². The maximum absolute atomic E-state index is 5.65. The lowest BCUT2D eigenvalue weighted by atomic mass is 10.2. The molecule has 0 saturated heterocycles. The molecular weight excluding hydrogens is 380 g/mol. The third-order valence-electron chi connectivity index (χ3n) is 2.98. The van der Waals surface area contributed by atoms with Gasteiger partial charge in [0.25, 0.3) is 0 Å². The molecule has 0 amide bonds. The first-order valence-corrected chi connectivity index (χ1v) is 8.60. The summed E-state index contributed by atoms with van der Waals surface area (Å²) in [6.07, 6.45) is 2.45. The van der Waals surface area contributed by atoms with Crippen LogP contribution in [0.15, 0.2) is 21.7 Å². The Morgan fingerprint density at radius 1 is 1.30 bits per heavy atom. The molecule has 0 aliphatic rings. The minimum Gasteiger partial charge on any atom is -0.490 e. The van der Waals surface area contributed by atoms with E-state index in [0.717, 1.165) is 22.3 Å². The van der Waals surface area contributed by atoms with Crippen LogP contribution in [-0.4, -0.2) is 34.3 Å². The van der Waals surface area contributed by atoms with Crippen molar-refractivity contribution in [1.82, 2.24) is 14.9 Å². The normalized spacial score (nSPS) is 11.1. The van der Waals surface area contributed by atoms with Gasteiger partial charge in [-0.1, -0.05) is 6.92 Å². The third kappa shape index (κ3) is 4.20. The Kier molecular flexibility index (Phi) is 6.35. The molecule has 0 fully saturated rings. The van der Waals surface area contributed by atoms with Crippen LogP contribution in [0.4, 0.5) is 0 Å². The van der Waals surface area contributed by atoms with Crippen LogP contribution in [0.3, 0.4) is 0 Å². The van der Waals surface area contributed by atoms with Crippen molar-refractivity contribution in [2.24, 2.45) is 5.10 Å². The van der Waals surface area contributed by atoms with Crippen LogP contribution in [0.1, 0.15) is 32.2 Å². The second-order valence-corrected chi connectivity index (χ2v) is 5.79. The maximum Gasteiger partial charge on any atom is 0.216 e. The van der Waals surface area contributed by atoms with E-state index in [-0.39, 0.29) is 0 Å². The molecule has 1 heterocycles. The molecule has 23 heavy (non-hydrogen) atoms. The van der Waals surface area contributed by atoms with Gasteiger partial charge in [-0.2, -0.15) is 14.9 Å². The van der Waals surface area contributed by atoms with E-state index in [9.17, 15) is 0 Å². The molecule has 0 aliphatic heterocycles. The highest BCUT2D eigenvalue weighted by Crippen LogP contribution is 2.36. The molecule has 6 nitrogen and oxygen atoms in total. The predicted octanol–water partition coefficient (Wildman–Crippen LogP) is 3.95. The average molecular weight is 399 g/mol. The Hall–Kier alpha value is -1.67. The van der Waals surface area contributed by atoms with Gasteiger partial charge >= 0.3 is 0 Å². The summed E-state index contributed by atoms with van der Waals surface area (Å²) >= 11 is 8.70. The Balaban J connectivity index is 2.38. The summed E-state index contributed by atoms with van der Waals surface area (Å²) in [5, 5.41) is 11.3. The standard InChI is InChI=1S/C15H19BrN4O2S/c1-4-13-18-19-15(23)20(13)17-9-10-7-11(16)14(22-6-3)12(8-10)21-5-2/h7-9H,4-6H2,1-3H3,(H,19,23)/b17-9-. The summed E-state index contributed by atoms with van der Waals surface area (Å²) in [6, 6.07) is 3.81. The van der Waals surface area contributed by atoms with Crippen molar-refractivity contribution in [3.05, 3.63) is 32.8 Å². The van der Waals surface area contributed by atoms with Crippen LogP contribution in [-0.2, 0) is 6.42 Å². The number of benzene rings is 1.